The lowest BCUT2D eigenvalue weighted by Crippen LogP contribution is -2.46. The van der Waals surface area contributed by atoms with Crippen molar-refractivity contribution in [2.75, 3.05) is 13.2 Å². The number of hydrogen-bond donors (Lipinski definition) is 3. The summed E-state index contributed by atoms with van der Waals surface area (Å²) >= 11 is 0. The predicted molar refractivity (Wildman–Crippen MR) is 130 cm³/mol. The smallest absolute Gasteiger partial charge is 0.407 e. The third-order valence-corrected chi connectivity index (χ3v) is 6.69. The molecule has 1 heterocycles. The van der Waals surface area contributed by atoms with Gasteiger partial charge in [0.15, 0.2) is 6.10 Å². The van der Waals surface area contributed by atoms with E-state index in [-0.39, 0.29) is 24.9 Å². The normalized spacial score (nSPS) is 19.5. The number of alkyl carbamates (subject to hydrolysis) is 1. The summed E-state index contributed by atoms with van der Waals surface area (Å²) in [6, 6.07) is 15.3. The first-order valence-corrected chi connectivity index (χ1v) is 12.2. The van der Waals surface area contributed by atoms with Gasteiger partial charge in [-0.3, -0.25) is 4.79 Å². The molecule has 1 saturated heterocycles. The fourth-order valence-corrected chi connectivity index (χ4v) is 4.95. The van der Waals surface area contributed by atoms with Gasteiger partial charge >= 0.3 is 12.1 Å². The van der Waals surface area contributed by atoms with Crippen LogP contribution in [0.3, 0.4) is 0 Å². The maximum atomic E-state index is 12.7. The van der Waals surface area contributed by atoms with E-state index in [9.17, 15) is 19.5 Å². The number of amides is 2. The third-order valence-electron chi connectivity index (χ3n) is 6.69. The van der Waals surface area contributed by atoms with E-state index in [1.165, 1.54) is 0 Å². The molecule has 1 aliphatic heterocycles. The zero-order valence-electron chi connectivity index (χ0n) is 19.9. The second-order valence-electron chi connectivity index (χ2n) is 9.11. The number of carboxylic acid groups (broad SMARTS) is 1. The summed E-state index contributed by atoms with van der Waals surface area (Å²) in [7, 11) is 0. The average molecular weight is 481 g/mol. The Balaban J connectivity index is 1.34. The van der Waals surface area contributed by atoms with Gasteiger partial charge in [-0.2, -0.15) is 0 Å². The van der Waals surface area contributed by atoms with Crippen molar-refractivity contribution in [2.45, 2.75) is 63.1 Å². The van der Waals surface area contributed by atoms with E-state index >= 15 is 0 Å². The fourth-order valence-electron chi connectivity index (χ4n) is 4.95. The molecule has 2 aliphatic rings. The molecule has 8 nitrogen and oxygen atoms in total. The number of carbonyl (C=O) groups is 3. The number of carboxylic acids is 1. The van der Waals surface area contributed by atoms with Crippen LogP contribution in [0.5, 0.6) is 0 Å². The molecule has 0 unspecified atom stereocenters. The number of nitrogens with one attached hydrogen (secondary N) is 2. The van der Waals surface area contributed by atoms with Crippen LogP contribution >= 0.6 is 0 Å². The van der Waals surface area contributed by atoms with Crippen LogP contribution in [0.15, 0.2) is 48.5 Å². The Bertz CT molecular complexity index is 1030. The summed E-state index contributed by atoms with van der Waals surface area (Å²) in [6.07, 6.45) is 1.28. The monoisotopic (exact) mass is 480 g/mol. The molecular weight excluding hydrogens is 448 g/mol. The molecule has 2 aromatic carbocycles. The molecule has 35 heavy (non-hydrogen) atoms. The highest BCUT2D eigenvalue weighted by Crippen LogP contribution is 2.44. The van der Waals surface area contributed by atoms with E-state index in [2.05, 4.69) is 34.9 Å². The number of fused-ring (bicyclic) bond motifs is 3. The van der Waals surface area contributed by atoms with Gasteiger partial charge in [-0.1, -0.05) is 68.3 Å². The van der Waals surface area contributed by atoms with Crippen LogP contribution in [0.1, 0.15) is 56.1 Å². The maximum absolute atomic E-state index is 12.7. The minimum atomic E-state index is -1.09. The standard InChI is InChI=1S/C27H32N2O6/c1-2-3-8-17(15-24(30)29-23-13-14-34-25(23)26(31)32)28-27(33)35-16-22-20-11-6-4-9-18(20)19-10-5-7-12-21(19)22/h4-7,9-12,17,22-23,25H,2-3,8,13-16H2,1H3,(H,28,33)(H,29,30)(H,31,32)/t17-,23-,25+/m0/s1. The molecule has 2 aromatic rings. The summed E-state index contributed by atoms with van der Waals surface area (Å²) in [5, 5.41) is 14.8. The number of aliphatic carboxylic acids is 1. The minimum Gasteiger partial charge on any atom is -0.479 e. The molecular formula is C27H32N2O6. The maximum Gasteiger partial charge on any atom is 0.407 e. The quantitative estimate of drug-likeness (QED) is 0.476. The Kier molecular flexibility index (Phi) is 8.02. The third kappa shape index (κ3) is 5.82. The fraction of sp³-hybridized carbons (Fsp3) is 0.444. The number of unbranched alkanes of at least 4 members (excludes halogenated alkanes) is 1. The minimum absolute atomic E-state index is 0.0409. The summed E-state index contributed by atoms with van der Waals surface area (Å²) < 4.78 is 10.8. The van der Waals surface area contributed by atoms with Crippen molar-refractivity contribution in [1.29, 1.82) is 0 Å². The lowest BCUT2D eigenvalue weighted by molar-refractivity contribution is -0.148. The van der Waals surface area contributed by atoms with Crippen molar-refractivity contribution in [1.82, 2.24) is 10.6 Å². The topological polar surface area (TPSA) is 114 Å². The highest BCUT2D eigenvalue weighted by molar-refractivity contribution is 5.81. The zero-order chi connectivity index (χ0) is 24.8. The van der Waals surface area contributed by atoms with Crippen LogP contribution in [0.4, 0.5) is 4.79 Å². The van der Waals surface area contributed by atoms with E-state index in [4.69, 9.17) is 9.47 Å². The molecule has 0 saturated carbocycles. The highest BCUT2D eigenvalue weighted by Gasteiger charge is 2.35. The number of hydrogen-bond acceptors (Lipinski definition) is 5. The van der Waals surface area contributed by atoms with Crippen molar-refractivity contribution in [3.63, 3.8) is 0 Å². The van der Waals surface area contributed by atoms with Gasteiger partial charge in [0, 0.05) is 25.0 Å². The van der Waals surface area contributed by atoms with Gasteiger partial charge in [0.05, 0.1) is 6.04 Å². The van der Waals surface area contributed by atoms with Crippen LogP contribution in [0.2, 0.25) is 0 Å². The predicted octanol–water partition coefficient (Wildman–Crippen LogP) is 3.83. The second-order valence-corrected chi connectivity index (χ2v) is 9.11. The molecule has 1 aliphatic carbocycles. The van der Waals surface area contributed by atoms with E-state index < -0.39 is 30.3 Å². The Morgan fingerprint density at radius 2 is 1.74 bits per heavy atom. The van der Waals surface area contributed by atoms with Gasteiger partial charge < -0.3 is 25.2 Å². The largest absolute Gasteiger partial charge is 0.479 e. The number of benzene rings is 2. The van der Waals surface area contributed by atoms with Crippen molar-refractivity contribution >= 4 is 18.0 Å². The summed E-state index contributed by atoms with van der Waals surface area (Å²) in [4.78, 5) is 36.6. The Labute approximate surface area is 205 Å². The molecule has 1 fully saturated rings. The molecule has 186 valence electrons. The van der Waals surface area contributed by atoms with Gasteiger partial charge in [0.25, 0.3) is 0 Å². The molecule has 8 heteroatoms. The number of carbonyl (C=O) groups excluding carboxylic acids is 2. The van der Waals surface area contributed by atoms with Crippen LogP contribution in [-0.2, 0) is 19.1 Å². The molecule has 4 rings (SSSR count). The molecule has 0 radical (unpaired) electrons. The van der Waals surface area contributed by atoms with Crippen molar-refractivity contribution in [3.8, 4) is 11.1 Å². The number of ether oxygens (including phenoxy) is 2. The van der Waals surface area contributed by atoms with Crippen molar-refractivity contribution in [2.24, 2.45) is 0 Å². The van der Waals surface area contributed by atoms with Gasteiger partial charge in [0.2, 0.25) is 5.91 Å². The van der Waals surface area contributed by atoms with Crippen LogP contribution in [0, 0.1) is 0 Å². The Morgan fingerprint density at radius 3 is 2.37 bits per heavy atom. The SMILES string of the molecule is CCCC[C@@H](CC(=O)N[C@H]1CCO[C@H]1C(=O)O)NC(=O)OCC1c2ccccc2-c2ccccc21. The summed E-state index contributed by atoms with van der Waals surface area (Å²) in [6.45, 7) is 2.53. The van der Waals surface area contributed by atoms with Crippen LogP contribution < -0.4 is 10.6 Å². The molecule has 0 aromatic heterocycles. The second kappa shape index (κ2) is 11.4. The zero-order valence-corrected chi connectivity index (χ0v) is 19.9. The lowest BCUT2D eigenvalue weighted by Gasteiger charge is -2.21. The first-order chi connectivity index (χ1) is 17.0. The van der Waals surface area contributed by atoms with Gasteiger partial charge in [0.1, 0.15) is 6.61 Å². The van der Waals surface area contributed by atoms with Crippen LogP contribution in [0.25, 0.3) is 11.1 Å². The van der Waals surface area contributed by atoms with Gasteiger partial charge in [-0.05, 0) is 35.1 Å². The van der Waals surface area contributed by atoms with E-state index in [1.807, 2.05) is 31.2 Å². The summed E-state index contributed by atoms with van der Waals surface area (Å²) in [5.74, 6) is -1.44. The Morgan fingerprint density at radius 1 is 1.09 bits per heavy atom. The van der Waals surface area contributed by atoms with Gasteiger partial charge in [-0.15, -0.1) is 0 Å². The Hall–Kier alpha value is -3.39. The van der Waals surface area contributed by atoms with Gasteiger partial charge in [-0.25, -0.2) is 9.59 Å². The van der Waals surface area contributed by atoms with Crippen molar-refractivity contribution in [3.05, 3.63) is 59.7 Å². The molecule has 2 amide bonds. The average Bonchev–Trinajstić information content (AvgIpc) is 3.44. The van der Waals surface area contributed by atoms with E-state index in [1.54, 1.807) is 0 Å². The first-order valence-electron chi connectivity index (χ1n) is 12.2. The van der Waals surface area contributed by atoms with E-state index in [0.717, 1.165) is 35.1 Å². The first kappa shape index (κ1) is 24.7. The van der Waals surface area contributed by atoms with E-state index in [0.29, 0.717) is 19.4 Å². The molecule has 0 spiro atoms. The molecule has 0 bridgehead atoms. The van der Waals surface area contributed by atoms with Crippen LogP contribution in [-0.4, -0.2) is 54.5 Å². The molecule has 3 N–H and O–H groups in total. The summed E-state index contributed by atoms with van der Waals surface area (Å²) in [5.41, 5.74) is 4.58. The lowest BCUT2D eigenvalue weighted by atomic mass is 9.98. The highest BCUT2D eigenvalue weighted by atomic mass is 16.5. The molecule has 3 atom stereocenters. The van der Waals surface area contributed by atoms with Crippen molar-refractivity contribution < 1.29 is 29.0 Å². The number of rotatable bonds is 10.